The Balaban J connectivity index is 1.65. The summed E-state index contributed by atoms with van der Waals surface area (Å²) in [6, 6.07) is 12.7. The maximum Gasteiger partial charge on any atom is 0.339 e. The molecule has 1 unspecified atom stereocenters. The average Bonchev–Trinajstić information content (AvgIpc) is 3.15. The summed E-state index contributed by atoms with van der Waals surface area (Å²) in [5, 5.41) is 13.6. The predicted octanol–water partition coefficient (Wildman–Crippen LogP) is 5.08. The lowest BCUT2D eigenvalue weighted by Crippen LogP contribution is -2.41. The number of carboxylic acid groups (broad SMARTS) is 1. The number of aliphatic carboxylic acids is 1. The van der Waals surface area contributed by atoms with Crippen LogP contribution in [-0.4, -0.2) is 35.0 Å². The van der Waals surface area contributed by atoms with E-state index < -0.39 is 23.5 Å². The fraction of sp³-hybridized carbons (Fsp3) is 0.296. The van der Waals surface area contributed by atoms with Gasteiger partial charge in [0, 0.05) is 34.4 Å². The van der Waals surface area contributed by atoms with Gasteiger partial charge in [0.05, 0.1) is 0 Å². The molecule has 0 saturated carbocycles. The number of nitrogens with one attached hydrogen (secondary N) is 1. The lowest BCUT2D eigenvalue weighted by molar-refractivity contribution is -0.141. The van der Waals surface area contributed by atoms with Crippen molar-refractivity contribution in [3.05, 3.63) is 69.8 Å². The molecule has 4 rings (SSSR count). The largest absolute Gasteiger partial charge is 0.480 e. The van der Waals surface area contributed by atoms with Crippen molar-refractivity contribution in [1.82, 2.24) is 5.32 Å². The van der Waals surface area contributed by atoms with Crippen LogP contribution in [0, 0.1) is 13.8 Å². The molecule has 0 fully saturated rings. The second kappa shape index (κ2) is 10.4. The molecule has 2 aromatic carbocycles. The van der Waals surface area contributed by atoms with E-state index >= 15 is 0 Å². The fourth-order valence-corrected chi connectivity index (χ4v) is 4.82. The maximum absolute atomic E-state index is 12.7. The summed E-state index contributed by atoms with van der Waals surface area (Å²) in [6.07, 6.45) is 2.36. The molecule has 0 aliphatic rings. The third-order valence-electron chi connectivity index (χ3n) is 6.18. The third kappa shape index (κ3) is 5.12. The van der Waals surface area contributed by atoms with Gasteiger partial charge in [0.15, 0.2) is 0 Å². The van der Waals surface area contributed by atoms with Crippen molar-refractivity contribution in [3.63, 3.8) is 0 Å². The highest BCUT2D eigenvalue weighted by atomic mass is 32.2. The number of rotatable bonds is 9. The summed E-state index contributed by atoms with van der Waals surface area (Å²) in [5.41, 5.74) is 3.71. The molecule has 2 aromatic heterocycles. The number of carboxylic acids is 1. The normalized spacial score (nSPS) is 12.2. The van der Waals surface area contributed by atoms with Crippen molar-refractivity contribution in [3.8, 4) is 11.1 Å². The first-order valence-electron chi connectivity index (χ1n) is 11.4. The Morgan fingerprint density at radius 2 is 1.77 bits per heavy atom. The molecule has 2 N–H and O–H groups in total. The van der Waals surface area contributed by atoms with E-state index in [1.165, 1.54) is 11.8 Å². The minimum atomic E-state index is -1.07. The minimum Gasteiger partial charge on any atom is -0.480 e. The summed E-state index contributed by atoms with van der Waals surface area (Å²) < 4.78 is 11.6. The van der Waals surface area contributed by atoms with Crippen LogP contribution in [0.3, 0.4) is 0 Å². The summed E-state index contributed by atoms with van der Waals surface area (Å²) >= 11 is 1.52. The summed E-state index contributed by atoms with van der Waals surface area (Å²) in [6.45, 7) is 3.75. The third-order valence-corrected chi connectivity index (χ3v) is 6.82. The van der Waals surface area contributed by atoms with Crippen LogP contribution in [0.5, 0.6) is 0 Å². The van der Waals surface area contributed by atoms with Gasteiger partial charge in [-0.15, -0.1) is 0 Å². The highest BCUT2D eigenvalue weighted by Gasteiger charge is 2.21. The van der Waals surface area contributed by atoms with Crippen LogP contribution in [0.2, 0.25) is 0 Å². The Hall–Kier alpha value is -3.52. The molecular formula is C27H27NO6S. The molecular weight excluding hydrogens is 466 g/mol. The van der Waals surface area contributed by atoms with Gasteiger partial charge in [-0.3, -0.25) is 4.79 Å². The summed E-state index contributed by atoms with van der Waals surface area (Å²) in [4.78, 5) is 36.6. The van der Waals surface area contributed by atoms with E-state index in [9.17, 15) is 19.5 Å². The van der Waals surface area contributed by atoms with Gasteiger partial charge in [0.25, 0.3) is 0 Å². The van der Waals surface area contributed by atoms with Gasteiger partial charge in [0.1, 0.15) is 23.0 Å². The van der Waals surface area contributed by atoms with Gasteiger partial charge < -0.3 is 19.3 Å². The van der Waals surface area contributed by atoms with Crippen LogP contribution in [0.1, 0.15) is 29.7 Å². The lowest BCUT2D eigenvalue weighted by atomic mass is 9.98. The minimum absolute atomic E-state index is 0.0114. The van der Waals surface area contributed by atoms with E-state index in [0.29, 0.717) is 28.9 Å². The Morgan fingerprint density at radius 1 is 1.06 bits per heavy atom. The number of aryl methyl sites for hydroxylation is 2. The van der Waals surface area contributed by atoms with Crippen LogP contribution < -0.4 is 10.9 Å². The van der Waals surface area contributed by atoms with E-state index in [4.69, 9.17) is 8.83 Å². The molecule has 0 saturated heterocycles. The van der Waals surface area contributed by atoms with E-state index in [1.807, 2.05) is 56.5 Å². The monoisotopic (exact) mass is 493 g/mol. The van der Waals surface area contributed by atoms with Gasteiger partial charge >= 0.3 is 11.6 Å². The number of carbonyl (C=O) groups is 2. The highest BCUT2D eigenvalue weighted by Crippen LogP contribution is 2.37. The molecule has 35 heavy (non-hydrogen) atoms. The number of hydrogen-bond acceptors (Lipinski definition) is 6. The molecule has 4 aromatic rings. The lowest BCUT2D eigenvalue weighted by Gasteiger charge is -2.14. The summed E-state index contributed by atoms with van der Waals surface area (Å²) in [7, 11) is 0. The molecule has 1 amide bonds. The number of amides is 1. The van der Waals surface area contributed by atoms with E-state index in [-0.39, 0.29) is 12.8 Å². The van der Waals surface area contributed by atoms with Crippen molar-refractivity contribution in [1.29, 1.82) is 0 Å². The van der Waals surface area contributed by atoms with Gasteiger partial charge in [-0.1, -0.05) is 30.3 Å². The number of carbonyl (C=O) groups excluding carboxylic acids is 1. The maximum atomic E-state index is 12.7. The molecule has 0 aliphatic carbocycles. The van der Waals surface area contributed by atoms with Crippen molar-refractivity contribution >= 4 is 45.6 Å². The van der Waals surface area contributed by atoms with Gasteiger partial charge in [-0.05, 0) is 55.9 Å². The van der Waals surface area contributed by atoms with Crippen LogP contribution >= 0.6 is 11.8 Å². The molecule has 7 nitrogen and oxygen atoms in total. The molecule has 0 radical (unpaired) electrons. The Bertz CT molecular complexity index is 1450. The van der Waals surface area contributed by atoms with E-state index in [1.54, 1.807) is 6.07 Å². The number of furan rings is 1. The molecule has 0 spiro atoms. The van der Waals surface area contributed by atoms with Gasteiger partial charge in [0.2, 0.25) is 5.91 Å². The Labute approximate surface area is 206 Å². The highest BCUT2D eigenvalue weighted by molar-refractivity contribution is 7.98. The van der Waals surface area contributed by atoms with Crippen molar-refractivity contribution in [2.75, 3.05) is 12.0 Å². The van der Waals surface area contributed by atoms with Gasteiger partial charge in [-0.25, -0.2) is 9.59 Å². The first kappa shape index (κ1) is 24.6. The van der Waals surface area contributed by atoms with Crippen molar-refractivity contribution in [2.45, 2.75) is 39.2 Å². The second-order valence-electron chi connectivity index (χ2n) is 8.48. The van der Waals surface area contributed by atoms with E-state index in [2.05, 4.69) is 5.32 Å². The molecule has 1 atom stereocenters. The second-order valence-corrected chi connectivity index (χ2v) is 9.46. The summed E-state index contributed by atoms with van der Waals surface area (Å²) in [5.74, 6) is -0.0858. The van der Waals surface area contributed by atoms with Crippen LogP contribution in [0.25, 0.3) is 33.1 Å². The van der Waals surface area contributed by atoms with Crippen LogP contribution in [0.4, 0.5) is 0 Å². The molecule has 0 aliphatic heterocycles. The standard InChI is InChI=1S/C27H27NO6S/c1-15-18(9-10-24(29)28-21(26(30)31)11-12-35-3)27(32)34-22-14-23-20(13-19(15)22)25(16(2)33-23)17-7-5-4-6-8-17/h4-8,13-14,21H,9-12H2,1-3H3,(H,28,29)(H,30,31). The topological polar surface area (TPSA) is 110 Å². The Morgan fingerprint density at radius 3 is 2.46 bits per heavy atom. The number of thioether (sulfide) groups is 1. The Kier molecular flexibility index (Phi) is 7.31. The SMILES string of the molecule is CSCCC(NC(=O)CCc1c(C)c2cc3c(-c4ccccc4)c(C)oc3cc2oc1=O)C(=O)O. The first-order chi connectivity index (χ1) is 16.8. The average molecular weight is 494 g/mol. The molecule has 0 bridgehead atoms. The number of fused-ring (bicyclic) bond motifs is 2. The molecule has 2 heterocycles. The van der Waals surface area contributed by atoms with Crippen molar-refractivity contribution in [2.24, 2.45) is 0 Å². The molecule has 8 heteroatoms. The van der Waals surface area contributed by atoms with E-state index in [0.717, 1.165) is 33.2 Å². The number of benzene rings is 2. The zero-order chi connectivity index (χ0) is 25.1. The molecule has 182 valence electrons. The fourth-order valence-electron chi connectivity index (χ4n) is 4.35. The smallest absolute Gasteiger partial charge is 0.339 e. The predicted molar refractivity (Wildman–Crippen MR) is 138 cm³/mol. The van der Waals surface area contributed by atoms with Gasteiger partial charge in [-0.2, -0.15) is 11.8 Å². The van der Waals surface area contributed by atoms with Crippen molar-refractivity contribution < 1.29 is 23.5 Å². The zero-order valence-electron chi connectivity index (χ0n) is 19.8. The quantitative estimate of drug-likeness (QED) is 0.313. The number of hydrogen-bond donors (Lipinski definition) is 2. The van der Waals surface area contributed by atoms with Crippen LogP contribution in [-0.2, 0) is 16.0 Å². The first-order valence-corrected chi connectivity index (χ1v) is 12.8. The van der Waals surface area contributed by atoms with Crippen LogP contribution in [0.15, 0.2) is 56.1 Å². The zero-order valence-corrected chi connectivity index (χ0v) is 20.7.